The van der Waals surface area contributed by atoms with Crippen LogP contribution in [0.1, 0.15) is 47.9 Å². The average Bonchev–Trinajstić information content (AvgIpc) is 2.12. The Morgan fingerprint density at radius 2 is 1.93 bits per heavy atom. The Morgan fingerprint density at radius 1 is 1.36 bits per heavy atom. The molecule has 0 aliphatic carbocycles. The fourth-order valence-electron chi connectivity index (χ4n) is 2.35. The Hall–Kier alpha value is -0.530. The Labute approximate surface area is 89.2 Å². The van der Waals surface area contributed by atoms with E-state index in [4.69, 9.17) is 0 Å². The SMILES string of the molecule is CCCCC(=O)N1CC(C)CC(C)C1.[HH]. The van der Waals surface area contributed by atoms with Crippen LogP contribution in [0.4, 0.5) is 0 Å². The molecule has 1 aliphatic rings. The molecule has 1 fully saturated rings. The van der Waals surface area contributed by atoms with Crippen LogP contribution >= 0.6 is 0 Å². The van der Waals surface area contributed by atoms with Crippen LogP contribution in [0.5, 0.6) is 0 Å². The monoisotopic (exact) mass is 199 g/mol. The van der Waals surface area contributed by atoms with Crippen molar-refractivity contribution in [2.75, 3.05) is 13.1 Å². The quantitative estimate of drug-likeness (QED) is 0.684. The normalized spacial score (nSPS) is 27.8. The van der Waals surface area contributed by atoms with Crippen LogP contribution in [0.3, 0.4) is 0 Å². The van der Waals surface area contributed by atoms with Gasteiger partial charge in [-0.25, -0.2) is 0 Å². The molecule has 2 heteroatoms. The summed E-state index contributed by atoms with van der Waals surface area (Å²) in [6, 6.07) is 0. The zero-order valence-corrected chi connectivity index (χ0v) is 9.75. The van der Waals surface area contributed by atoms with E-state index in [0.717, 1.165) is 32.4 Å². The molecule has 0 spiro atoms. The van der Waals surface area contributed by atoms with Gasteiger partial charge in [0.2, 0.25) is 5.91 Å². The summed E-state index contributed by atoms with van der Waals surface area (Å²) in [5.74, 6) is 1.74. The number of hydrogen-bond donors (Lipinski definition) is 0. The lowest BCUT2D eigenvalue weighted by atomic mass is 9.91. The smallest absolute Gasteiger partial charge is 0.222 e. The first-order valence-corrected chi connectivity index (χ1v) is 5.91. The summed E-state index contributed by atoms with van der Waals surface area (Å²) in [7, 11) is 0. The van der Waals surface area contributed by atoms with E-state index in [1.807, 2.05) is 0 Å². The largest absolute Gasteiger partial charge is 0.342 e. The van der Waals surface area contributed by atoms with Crippen molar-refractivity contribution in [3.8, 4) is 0 Å². The summed E-state index contributed by atoms with van der Waals surface area (Å²) < 4.78 is 0. The molecule has 1 rings (SSSR count). The molecule has 1 aliphatic heterocycles. The van der Waals surface area contributed by atoms with E-state index in [1.165, 1.54) is 6.42 Å². The first kappa shape index (κ1) is 11.5. The van der Waals surface area contributed by atoms with E-state index in [-0.39, 0.29) is 1.43 Å². The van der Waals surface area contributed by atoms with Gasteiger partial charge in [-0.05, 0) is 24.7 Å². The highest BCUT2D eigenvalue weighted by Gasteiger charge is 2.24. The number of carbonyl (C=O) groups is 1. The summed E-state index contributed by atoms with van der Waals surface area (Å²) >= 11 is 0. The van der Waals surface area contributed by atoms with E-state index in [1.54, 1.807) is 0 Å². The first-order valence-electron chi connectivity index (χ1n) is 5.91. The second-order valence-electron chi connectivity index (χ2n) is 4.85. The van der Waals surface area contributed by atoms with Crippen LogP contribution < -0.4 is 0 Å². The lowest BCUT2D eigenvalue weighted by molar-refractivity contribution is -0.134. The maximum absolute atomic E-state index is 11.8. The van der Waals surface area contributed by atoms with Crippen LogP contribution in [0.15, 0.2) is 0 Å². The van der Waals surface area contributed by atoms with Crippen LogP contribution in [0.25, 0.3) is 0 Å². The molecule has 0 radical (unpaired) electrons. The van der Waals surface area contributed by atoms with Crippen LogP contribution in [0, 0.1) is 11.8 Å². The van der Waals surface area contributed by atoms with Gasteiger partial charge in [0, 0.05) is 20.9 Å². The van der Waals surface area contributed by atoms with E-state index in [0.29, 0.717) is 17.7 Å². The van der Waals surface area contributed by atoms with Crippen molar-refractivity contribution in [2.45, 2.75) is 46.5 Å². The van der Waals surface area contributed by atoms with Gasteiger partial charge in [0.15, 0.2) is 0 Å². The Morgan fingerprint density at radius 3 is 2.43 bits per heavy atom. The Bertz CT molecular complexity index is 186. The highest BCUT2D eigenvalue weighted by atomic mass is 16.2. The van der Waals surface area contributed by atoms with Crippen molar-refractivity contribution in [2.24, 2.45) is 11.8 Å². The van der Waals surface area contributed by atoms with Gasteiger partial charge in [0.05, 0.1) is 0 Å². The number of hydrogen-bond acceptors (Lipinski definition) is 1. The minimum atomic E-state index is 0. The fourth-order valence-corrected chi connectivity index (χ4v) is 2.35. The van der Waals surface area contributed by atoms with Crippen molar-refractivity contribution >= 4 is 5.91 Å². The van der Waals surface area contributed by atoms with Crippen molar-refractivity contribution in [1.82, 2.24) is 4.90 Å². The second-order valence-corrected chi connectivity index (χ2v) is 4.85. The summed E-state index contributed by atoms with van der Waals surface area (Å²) in [5.41, 5.74) is 0. The number of amides is 1. The summed E-state index contributed by atoms with van der Waals surface area (Å²) in [6.45, 7) is 8.58. The second kappa shape index (κ2) is 5.38. The molecule has 0 aromatic heterocycles. The number of likely N-dealkylation sites (tertiary alicyclic amines) is 1. The Kier molecular flexibility index (Phi) is 4.43. The van der Waals surface area contributed by atoms with Crippen molar-refractivity contribution in [1.29, 1.82) is 0 Å². The standard InChI is InChI=1S/C12H23NO.H2/c1-4-5-6-12(14)13-8-10(2)7-11(3)9-13;/h10-11H,4-9H2,1-3H3;1H. The number of carbonyl (C=O) groups excluding carboxylic acids is 1. The lowest BCUT2D eigenvalue weighted by Crippen LogP contribution is -2.42. The molecule has 1 heterocycles. The molecule has 2 nitrogen and oxygen atoms in total. The average molecular weight is 199 g/mol. The number of rotatable bonds is 3. The molecule has 0 bridgehead atoms. The van der Waals surface area contributed by atoms with Crippen molar-refractivity contribution in [3.05, 3.63) is 0 Å². The van der Waals surface area contributed by atoms with E-state index < -0.39 is 0 Å². The molecule has 2 unspecified atom stereocenters. The predicted molar refractivity (Wildman–Crippen MR) is 61.2 cm³/mol. The molecule has 0 saturated carbocycles. The summed E-state index contributed by atoms with van der Waals surface area (Å²) in [4.78, 5) is 13.8. The molecular formula is C12H25NO. The van der Waals surface area contributed by atoms with Crippen LogP contribution in [-0.2, 0) is 4.79 Å². The van der Waals surface area contributed by atoms with E-state index >= 15 is 0 Å². The van der Waals surface area contributed by atoms with Gasteiger partial charge in [0.1, 0.15) is 0 Å². The molecule has 1 saturated heterocycles. The van der Waals surface area contributed by atoms with E-state index in [9.17, 15) is 4.79 Å². The molecule has 14 heavy (non-hydrogen) atoms. The first-order chi connectivity index (χ1) is 6.63. The van der Waals surface area contributed by atoms with Gasteiger partial charge in [0.25, 0.3) is 0 Å². The summed E-state index contributed by atoms with van der Waals surface area (Å²) in [5, 5.41) is 0. The van der Waals surface area contributed by atoms with Gasteiger partial charge >= 0.3 is 0 Å². The third kappa shape index (κ3) is 3.32. The molecule has 84 valence electrons. The highest BCUT2D eigenvalue weighted by Crippen LogP contribution is 2.21. The molecule has 0 aromatic rings. The molecule has 1 amide bonds. The maximum Gasteiger partial charge on any atom is 0.222 e. The minimum Gasteiger partial charge on any atom is -0.342 e. The summed E-state index contributed by atoms with van der Waals surface area (Å²) in [6.07, 6.45) is 4.18. The fraction of sp³-hybridized carbons (Fsp3) is 0.917. The molecular weight excluding hydrogens is 174 g/mol. The van der Waals surface area contributed by atoms with Crippen LogP contribution in [0.2, 0.25) is 0 Å². The highest BCUT2D eigenvalue weighted by molar-refractivity contribution is 5.76. The van der Waals surface area contributed by atoms with Gasteiger partial charge in [-0.1, -0.05) is 27.2 Å². The topological polar surface area (TPSA) is 20.3 Å². The van der Waals surface area contributed by atoms with Gasteiger partial charge in [-0.2, -0.15) is 0 Å². The number of unbranched alkanes of at least 4 members (excludes halogenated alkanes) is 1. The maximum atomic E-state index is 11.8. The molecule has 2 atom stereocenters. The Balaban J connectivity index is 0.00000196. The van der Waals surface area contributed by atoms with Crippen LogP contribution in [-0.4, -0.2) is 23.9 Å². The molecule has 0 aromatic carbocycles. The zero-order chi connectivity index (χ0) is 10.6. The van der Waals surface area contributed by atoms with Crippen molar-refractivity contribution in [3.63, 3.8) is 0 Å². The predicted octanol–water partition coefficient (Wildman–Crippen LogP) is 2.93. The zero-order valence-electron chi connectivity index (χ0n) is 9.75. The van der Waals surface area contributed by atoms with Gasteiger partial charge in [-0.15, -0.1) is 0 Å². The third-order valence-corrected chi connectivity index (χ3v) is 2.97. The lowest BCUT2D eigenvalue weighted by Gasteiger charge is -2.35. The number of nitrogens with zero attached hydrogens (tertiary/aromatic N) is 1. The van der Waals surface area contributed by atoms with E-state index in [2.05, 4.69) is 25.7 Å². The van der Waals surface area contributed by atoms with Crippen molar-refractivity contribution < 1.29 is 6.22 Å². The third-order valence-electron chi connectivity index (χ3n) is 2.97. The van der Waals surface area contributed by atoms with Gasteiger partial charge < -0.3 is 4.90 Å². The minimum absolute atomic E-state index is 0. The molecule has 0 N–H and O–H groups in total. The number of piperidine rings is 1. The van der Waals surface area contributed by atoms with Gasteiger partial charge in [-0.3, -0.25) is 4.79 Å².